The summed E-state index contributed by atoms with van der Waals surface area (Å²) in [6.07, 6.45) is 4.97. The predicted molar refractivity (Wildman–Crippen MR) is 90.6 cm³/mol. The zero-order chi connectivity index (χ0) is 15.5. The first-order chi connectivity index (χ1) is 9.90. The Morgan fingerprint density at radius 2 is 2.05 bits per heavy atom. The third kappa shape index (κ3) is 3.62. The van der Waals surface area contributed by atoms with E-state index in [0.29, 0.717) is 11.0 Å². The highest BCUT2D eigenvalue weighted by Gasteiger charge is 2.49. The zero-order valence-electron chi connectivity index (χ0n) is 13.2. The van der Waals surface area contributed by atoms with Crippen LogP contribution in [0, 0.1) is 10.8 Å². The van der Waals surface area contributed by atoms with E-state index in [-0.39, 0.29) is 30.0 Å². The Kier molecular flexibility index (Phi) is 5.71. The van der Waals surface area contributed by atoms with Crippen molar-refractivity contribution in [2.24, 2.45) is 10.8 Å². The Bertz CT molecular complexity index is 414. The number of hydrogen-bond donors (Lipinski definition) is 1. The Hall–Kier alpha value is -0.130. The summed E-state index contributed by atoms with van der Waals surface area (Å²) in [5, 5.41) is 8.82. The Morgan fingerprint density at radius 3 is 2.67 bits per heavy atom. The number of hydrogen-bond acceptors (Lipinski definition) is 5. The number of aliphatic hydroxyl groups is 1. The minimum Gasteiger partial charge on any atom is -0.463 e. The van der Waals surface area contributed by atoms with Crippen molar-refractivity contribution in [1.82, 2.24) is 0 Å². The van der Waals surface area contributed by atoms with Crippen LogP contribution in [0.2, 0.25) is 0 Å². The molecule has 1 aliphatic carbocycles. The van der Waals surface area contributed by atoms with E-state index in [1.165, 1.54) is 17.1 Å². The van der Waals surface area contributed by atoms with Crippen molar-refractivity contribution in [2.75, 3.05) is 24.7 Å². The van der Waals surface area contributed by atoms with Gasteiger partial charge in [0.25, 0.3) is 0 Å². The van der Waals surface area contributed by atoms with Gasteiger partial charge >= 0.3 is 5.97 Å². The summed E-state index contributed by atoms with van der Waals surface area (Å²) >= 11 is 4.00. The fourth-order valence-electron chi connectivity index (χ4n) is 3.22. The molecule has 2 rings (SSSR count). The average molecular weight is 331 g/mol. The molecule has 0 unspecified atom stereocenters. The van der Waals surface area contributed by atoms with Crippen molar-refractivity contribution in [2.45, 2.75) is 44.6 Å². The zero-order valence-corrected chi connectivity index (χ0v) is 14.8. The summed E-state index contributed by atoms with van der Waals surface area (Å²) < 4.78 is 5.62. The number of carbonyl (C=O) groups is 1. The fraction of sp³-hybridized carbons (Fsp3) is 0.812. The number of allylic oxidation sites excluding steroid dienone is 1. The highest BCUT2D eigenvalue weighted by Crippen LogP contribution is 2.58. The van der Waals surface area contributed by atoms with E-state index in [0.717, 1.165) is 12.8 Å². The number of carbonyl (C=O) groups excluding carboxylic acids is 1. The maximum atomic E-state index is 12.1. The molecule has 0 spiro atoms. The lowest BCUT2D eigenvalue weighted by Crippen LogP contribution is -2.43. The van der Waals surface area contributed by atoms with Gasteiger partial charge in [-0.3, -0.25) is 4.79 Å². The highest BCUT2D eigenvalue weighted by atomic mass is 32.2. The molecule has 0 radical (unpaired) electrons. The second-order valence-corrected chi connectivity index (χ2v) is 9.33. The molecule has 21 heavy (non-hydrogen) atoms. The largest absolute Gasteiger partial charge is 0.463 e. The van der Waals surface area contributed by atoms with Crippen molar-refractivity contribution in [3.05, 3.63) is 11.6 Å². The molecule has 120 valence electrons. The number of ether oxygens (including phenoxy) is 1. The first-order valence-electron chi connectivity index (χ1n) is 7.61. The molecule has 1 N–H and O–H groups in total. The highest BCUT2D eigenvalue weighted by molar-refractivity contribution is 8.20. The van der Waals surface area contributed by atoms with Gasteiger partial charge in [0.15, 0.2) is 0 Å². The van der Waals surface area contributed by atoms with E-state index in [1.807, 2.05) is 23.5 Å². The van der Waals surface area contributed by atoms with Crippen LogP contribution in [0.1, 0.15) is 40.0 Å². The lowest BCUT2D eigenvalue weighted by molar-refractivity contribution is -0.148. The topological polar surface area (TPSA) is 46.5 Å². The molecule has 1 saturated heterocycles. The van der Waals surface area contributed by atoms with Crippen LogP contribution in [-0.2, 0) is 9.53 Å². The van der Waals surface area contributed by atoms with Crippen LogP contribution in [0.25, 0.3) is 0 Å². The Balaban J connectivity index is 2.21. The average Bonchev–Trinajstić information content (AvgIpc) is 2.93. The molecule has 1 atom stereocenters. The van der Waals surface area contributed by atoms with Gasteiger partial charge in [0.05, 0.1) is 17.6 Å². The molecule has 1 aliphatic heterocycles. The number of thioether (sulfide) groups is 2. The summed E-state index contributed by atoms with van der Waals surface area (Å²) in [5.41, 5.74) is 1.35. The van der Waals surface area contributed by atoms with Crippen LogP contribution in [0.15, 0.2) is 11.6 Å². The SMILES string of the molecule is CC1(C)CCC=C(C2SCCS2)[C@@]1(C)CC(=O)OCCO. The van der Waals surface area contributed by atoms with Gasteiger partial charge in [0.2, 0.25) is 0 Å². The molecule has 1 heterocycles. The van der Waals surface area contributed by atoms with Crippen LogP contribution in [-0.4, -0.2) is 40.4 Å². The summed E-state index contributed by atoms with van der Waals surface area (Å²) in [5.74, 6) is 2.19. The lowest BCUT2D eigenvalue weighted by Gasteiger charge is -2.49. The van der Waals surface area contributed by atoms with Gasteiger partial charge in [-0.05, 0) is 23.8 Å². The van der Waals surface area contributed by atoms with Crippen molar-refractivity contribution < 1.29 is 14.6 Å². The van der Waals surface area contributed by atoms with Crippen LogP contribution in [0.4, 0.5) is 0 Å². The molecule has 2 aliphatic rings. The van der Waals surface area contributed by atoms with E-state index in [1.54, 1.807) is 0 Å². The lowest BCUT2D eigenvalue weighted by atomic mass is 9.57. The molecule has 0 saturated carbocycles. The maximum absolute atomic E-state index is 12.1. The molecule has 0 bridgehead atoms. The molecule has 0 amide bonds. The van der Waals surface area contributed by atoms with Gasteiger partial charge in [-0.2, -0.15) is 0 Å². The Labute approximate surface area is 136 Å². The van der Waals surface area contributed by atoms with E-state index < -0.39 is 0 Å². The van der Waals surface area contributed by atoms with Gasteiger partial charge in [-0.25, -0.2) is 0 Å². The van der Waals surface area contributed by atoms with Gasteiger partial charge in [0.1, 0.15) is 6.61 Å². The second-order valence-electron chi connectivity index (χ2n) is 6.61. The number of aliphatic hydroxyl groups excluding tert-OH is 1. The summed E-state index contributed by atoms with van der Waals surface area (Å²) in [6, 6.07) is 0. The van der Waals surface area contributed by atoms with E-state index in [4.69, 9.17) is 9.84 Å². The van der Waals surface area contributed by atoms with Gasteiger partial charge in [-0.1, -0.05) is 26.8 Å². The van der Waals surface area contributed by atoms with Crippen LogP contribution in [0.5, 0.6) is 0 Å². The predicted octanol–water partition coefficient (Wildman–Crippen LogP) is 3.47. The quantitative estimate of drug-likeness (QED) is 0.618. The first-order valence-corrected chi connectivity index (χ1v) is 9.71. The molecule has 3 nitrogen and oxygen atoms in total. The van der Waals surface area contributed by atoms with E-state index in [9.17, 15) is 4.79 Å². The van der Waals surface area contributed by atoms with Gasteiger partial charge in [0, 0.05) is 16.9 Å². The minimum absolute atomic E-state index is 0.0824. The van der Waals surface area contributed by atoms with Crippen molar-refractivity contribution in [3.8, 4) is 0 Å². The van der Waals surface area contributed by atoms with Gasteiger partial charge < -0.3 is 9.84 Å². The fourth-order valence-corrected chi connectivity index (χ4v) is 6.45. The molecular weight excluding hydrogens is 304 g/mol. The standard InChI is InChI=1S/C16H26O3S2/c1-15(2)6-4-5-12(14-20-9-10-21-14)16(15,3)11-13(18)19-8-7-17/h5,14,17H,4,6-11H2,1-3H3/t16-/m1/s1. The molecule has 0 aromatic carbocycles. The molecule has 5 heteroatoms. The first kappa shape index (κ1) is 17.2. The van der Waals surface area contributed by atoms with Crippen molar-refractivity contribution in [1.29, 1.82) is 0 Å². The Morgan fingerprint density at radius 1 is 1.38 bits per heavy atom. The van der Waals surface area contributed by atoms with Crippen LogP contribution >= 0.6 is 23.5 Å². The molecule has 0 aromatic heterocycles. The maximum Gasteiger partial charge on any atom is 0.306 e. The summed E-state index contributed by atoms with van der Waals surface area (Å²) in [7, 11) is 0. The molecule has 0 aromatic rings. The number of esters is 1. The van der Waals surface area contributed by atoms with Crippen molar-refractivity contribution in [3.63, 3.8) is 0 Å². The van der Waals surface area contributed by atoms with Crippen LogP contribution in [0.3, 0.4) is 0 Å². The normalized spacial score (nSPS) is 29.2. The summed E-state index contributed by atoms with van der Waals surface area (Å²) in [4.78, 5) is 12.1. The number of rotatable bonds is 5. The smallest absolute Gasteiger partial charge is 0.306 e. The molecule has 1 fully saturated rings. The minimum atomic E-state index is -0.194. The summed E-state index contributed by atoms with van der Waals surface area (Å²) in [6.45, 7) is 6.75. The monoisotopic (exact) mass is 330 g/mol. The molecular formula is C16H26O3S2. The second kappa shape index (κ2) is 6.97. The third-order valence-electron chi connectivity index (χ3n) is 4.99. The van der Waals surface area contributed by atoms with E-state index in [2.05, 4.69) is 26.8 Å². The van der Waals surface area contributed by atoms with E-state index >= 15 is 0 Å². The van der Waals surface area contributed by atoms with Crippen LogP contribution < -0.4 is 0 Å². The third-order valence-corrected chi connectivity index (χ3v) is 8.06. The van der Waals surface area contributed by atoms with Gasteiger partial charge in [-0.15, -0.1) is 23.5 Å². The van der Waals surface area contributed by atoms with Crippen molar-refractivity contribution >= 4 is 29.5 Å².